The van der Waals surface area contributed by atoms with Crippen LogP contribution < -0.4 is 0 Å². The summed E-state index contributed by atoms with van der Waals surface area (Å²) in [5.74, 6) is -1.20. The van der Waals surface area contributed by atoms with Gasteiger partial charge >= 0.3 is 0 Å². The lowest BCUT2D eigenvalue weighted by Crippen LogP contribution is -2.14. The van der Waals surface area contributed by atoms with Crippen molar-refractivity contribution in [1.82, 2.24) is 7.88 Å². The number of halogens is 4. The summed E-state index contributed by atoms with van der Waals surface area (Å²) in [6, 6.07) is 9.66. The molecule has 20 heavy (non-hydrogen) atoms. The lowest BCUT2D eigenvalue weighted by Gasteiger charge is -2.11. The summed E-state index contributed by atoms with van der Waals surface area (Å²) >= 11 is 21.8. The number of nitrogens with zero attached hydrogens (tertiary/aromatic N) is 2. The molecule has 0 fully saturated rings. The van der Waals surface area contributed by atoms with Crippen LogP contribution in [0.5, 0.6) is 0 Å². The van der Waals surface area contributed by atoms with Crippen LogP contribution in [0.4, 0.5) is 0 Å². The van der Waals surface area contributed by atoms with Crippen molar-refractivity contribution < 1.29 is 9.59 Å². The maximum Gasteiger partial charge on any atom is 0.283 e. The van der Waals surface area contributed by atoms with E-state index in [-0.39, 0.29) is 11.1 Å². The molecule has 0 aliphatic rings. The standard InChI is InChI=1S/C12H6Cl4N2O2/c13-17(14)11(19)9-5-1-3-7-8(9)4-2-6-10(7)12(20)18(15)16/h1-6H. The highest BCUT2D eigenvalue weighted by molar-refractivity contribution is 6.45. The number of fused-ring (bicyclic) bond motifs is 1. The number of amides is 2. The molecule has 0 spiro atoms. The van der Waals surface area contributed by atoms with Gasteiger partial charge in [0.05, 0.1) is 0 Å². The molecule has 0 bridgehead atoms. The third-order valence-corrected chi connectivity index (χ3v) is 3.30. The van der Waals surface area contributed by atoms with Gasteiger partial charge < -0.3 is 0 Å². The highest BCUT2D eigenvalue weighted by Gasteiger charge is 2.19. The Hall–Kier alpha value is -1.20. The third kappa shape index (κ3) is 2.79. The number of hydrogen-bond donors (Lipinski definition) is 0. The fraction of sp³-hybridized carbons (Fsp3) is 0. The Balaban J connectivity index is 2.70. The molecule has 0 aliphatic carbocycles. The molecule has 0 aliphatic heterocycles. The highest BCUT2D eigenvalue weighted by atomic mass is 35.5. The molecule has 2 aromatic rings. The number of hydrogen-bond acceptors (Lipinski definition) is 2. The van der Waals surface area contributed by atoms with E-state index >= 15 is 0 Å². The largest absolute Gasteiger partial charge is 0.283 e. The summed E-state index contributed by atoms with van der Waals surface area (Å²) in [6.07, 6.45) is 0. The molecule has 0 saturated heterocycles. The number of rotatable bonds is 2. The Bertz CT molecular complexity index is 629. The first-order chi connectivity index (χ1) is 9.43. The van der Waals surface area contributed by atoms with Crippen LogP contribution in [-0.2, 0) is 0 Å². The molecular formula is C12H6Cl4N2O2. The molecule has 0 aromatic heterocycles. The highest BCUT2D eigenvalue weighted by Crippen LogP contribution is 2.26. The van der Waals surface area contributed by atoms with Gasteiger partial charge in [0.25, 0.3) is 11.8 Å². The van der Waals surface area contributed by atoms with Crippen LogP contribution in [0.1, 0.15) is 20.7 Å². The lowest BCUT2D eigenvalue weighted by molar-refractivity contribution is 0.0916. The topological polar surface area (TPSA) is 40.6 Å². The van der Waals surface area contributed by atoms with Crippen LogP contribution in [0.2, 0.25) is 0 Å². The predicted molar refractivity (Wildman–Crippen MR) is 79.7 cm³/mol. The van der Waals surface area contributed by atoms with Gasteiger partial charge in [-0.3, -0.25) is 9.59 Å². The minimum absolute atomic E-state index is 0.262. The van der Waals surface area contributed by atoms with E-state index in [0.29, 0.717) is 18.6 Å². The van der Waals surface area contributed by atoms with Crippen LogP contribution in [0.25, 0.3) is 10.8 Å². The molecule has 0 N–H and O–H groups in total. The quantitative estimate of drug-likeness (QED) is 0.755. The Morgan fingerprint density at radius 3 is 1.35 bits per heavy atom. The molecule has 8 heteroatoms. The van der Waals surface area contributed by atoms with Gasteiger partial charge in [0, 0.05) is 58.2 Å². The molecule has 104 valence electrons. The van der Waals surface area contributed by atoms with Gasteiger partial charge in [0.2, 0.25) is 0 Å². The van der Waals surface area contributed by atoms with E-state index in [9.17, 15) is 9.59 Å². The van der Waals surface area contributed by atoms with E-state index in [2.05, 4.69) is 0 Å². The SMILES string of the molecule is O=C(c1cccc2c(C(=O)N(Cl)Cl)cccc12)N(Cl)Cl. The molecule has 2 aromatic carbocycles. The summed E-state index contributed by atoms with van der Waals surface area (Å²) < 4.78 is 0.858. The normalized spacial score (nSPS) is 10.4. The first-order valence-electron chi connectivity index (χ1n) is 5.27. The van der Waals surface area contributed by atoms with Crippen molar-refractivity contribution in [3.8, 4) is 0 Å². The first kappa shape index (κ1) is 15.2. The van der Waals surface area contributed by atoms with Gasteiger partial charge in [-0.05, 0) is 22.9 Å². The Morgan fingerprint density at radius 2 is 1.05 bits per heavy atom. The Labute approximate surface area is 134 Å². The molecule has 2 rings (SSSR count). The molecule has 0 radical (unpaired) electrons. The summed E-state index contributed by atoms with van der Waals surface area (Å²) in [5, 5.41) is 1.04. The zero-order valence-electron chi connectivity index (χ0n) is 9.69. The van der Waals surface area contributed by atoms with Gasteiger partial charge in [0.15, 0.2) is 0 Å². The van der Waals surface area contributed by atoms with Crippen LogP contribution in [0.3, 0.4) is 0 Å². The van der Waals surface area contributed by atoms with Crippen molar-refractivity contribution in [3.05, 3.63) is 47.5 Å². The van der Waals surface area contributed by atoms with Gasteiger partial charge in [0.1, 0.15) is 0 Å². The van der Waals surface area contributed by atoms with Crippen molar-refractivity contribution in [1.29, 1.82) is 0 Å². The van der Waals surface area contributed by atoms with Gasteiger partial charge in [-0.1, -0.05) is 24.3 Å². The maximum atomic E-state index is 11.9. The van der Waals surface area contributed by atoms with Crippen LogP contribution in [0, 0.1) is 0 Å². The van der Waals surface area contributed by atoms with Gasteiger partial charge in [-0.2, -0.15) is 7.88 Å². The van der Waals surface area contributed by atoms with E-state index < -0.39 is 11.8 Å². The summed E-state index contributed by atoms with van der Waals surface area (Å²) in [4.78, 5) is 23.8. The number of benzene rings is 2. The van der Waals surface area contributed by atoms with Crippen molar-refractivity contribution in [2.45, 2.75) is 0 Å². The van der Waals surface area contributed by atoms with Crippen molar-refractivity contribution >= 4 is 69.7 Å². The van der Waals surface area contributed by atoms with E-state index in [1.165, 1.54) is 0 Å². The second-order valence-corrected chi connectivity index (χ2v) is 5.48. The lowest BCUT2D eigenvalue weighted by atomic mass is 9.99. The third-order valence-electron chi connectivity index (χ3n) is 2.69. The fourth-order valence-electron chi connectivity index (χ4n) is 1.87. The maximum absolute atomic E-state index is 11.9. The summed E-state index contributed by atoms with van der Waals surface area (Å²) in [7, 11) is 0. The van der Waals surface area contributed by atoms with Crippen LogP contribution in [-0.4, -0.2) is 19.7 Å². The molecule has 2 amide bonds. The fourth-order valence-corrected chi connectivity index (χ4v) is 2.23. The molecule has 0 unspecified atom stereocenters. The van der Waals surface area contributed by atoms with Crippen molar-refractivity contribution in [2.24, 2.45) is 0 Å². The Kier molecular flexibility index (Phi) is 4.60. The minimum atomic E-state index is -0.600. The molecule has 0 atom stereocenters. The predicted octanol–water partition coefficient (Wildman–Crippen LogP) is 4.34. The van der Waals surface area contributed by atoms with E-state index in [0.717, 1.165) is 0 Å². The molecular weight excluding hydrogens is 346 g/mol. The van der Waals surface area contributed by atoms with Crippen molar-refractivity contribution in [3.63, 3.8) is 0 Å². The summed E-state index contributed by atoms with van der Waals surface area (Å²) in [5.41, 5.74) is 0.524. The van der Waals surface area contributed by atoms with Gasteiger partial charge in [-0.25, -0.2) is 0 Å². The molecule has 0 saturated carbocycles. The van der Waals surface area contributed by atoms with E-state index in [4.69, 9.17) is 47.1 Å². The second-order valence-electron chi connectivity index (χ2n) is 3.78. The second kappa shape index (κ2) is 6.06. The summed E-state index contributed by atoms with van der Waals surface area (Å²) in [6.45, 7) is 0. The van der Waals surface area contributed by atoms with E-state index in [1.54, 1.807) is 36.4 Å². The molecule has 0 heterocycles. The first-order valence-corrected chi connectivity index (χ1v) is 6.62. The monoisotopic (exact) mass is 350 g/mol. The molecule has 4 nitrogen and oxygen atoms in total. The zero-order valence-corrected chi connectivity index (χ0v) is 12.7. The van der Waals surface area contributed by atoms with Crippen LogP contribution in [0.15, 0.2) is 36.4 Å². The average molecular weight is 352 g/mol. The number of carbonyl (C=O) groups is 2. The Morgan fingerprint density at radius 1 is 0.700 bits per heavy atom. The van der Waals surface area contributed by atoms with E-state index in [1.807, 2.05) is 0 Å². The smallest absolute Gasteiger partial charge is 0.266 e. The van der Waals surface area contributed by atoms with Crippen LogP contribution >= 0.6 is 47.1 Å². The number of carbonyl (C=O) groups excluding carboxylic acids is 2. The van der Waals surface area contributed by atoms with Gasteiger partial charge in [-0.15, -0.1) is 0 Å². The average Bonchev–Trinajstić information content (AvgIpc) is 2.44. The zero-order chi connectivity index (χ0) is 14.9. The van der Waals surface area contributed by atoms with Crippen molar-refractivity contribution in [2.75, 3.05) is 0 Å². The minimum Gasteiger partial charge on any atom is -0.266 e.